The van der Waals surface area contributed by atoms with Gasteiger partial charge < -0.3 is 29.0 Å². The van der Waals surface area contributed by atoms with Crippen LogP contribution in [0.25, 0.3) is 10.8 Å². The van der Waals surface area contributed by atoms with Gasteiger partial charge in [-0.1, -0.05) is 83.3 Å². The molecule has 0 N–H and O–H groups in total. The highest BCUT2D eigenvalue weighted by molar-refractivity contribution is 6.67. The van der Waals surface area contributed by atoms with Gasteiger partial charge in [-0.25, -0.2) is 4.79 Å². The number of hydrogen-bond acceptors (Lipinski definition) is 6. The summed E-state index contributed by atoms with van der Waals surface area (Å²) in [5.41, 5.74) is 1.81. The second-order valence-electron chi connectivity index (χ2n) is 8.47. The standard InChI is InChI=1S/C26H24Cl3NO6/c27-26(28,29)16-35-25(33)36-21-7-3-6-20(13-21)22-10-11-30(24(31)32)14-23(22)34-15-17-8-9-18-4-1-2-5-19(18)12-17/h1-9,12-13,22-23H,10-11,14-16H2,(H,31,32)/p-1. The number of ether oxygens (including phenoxy) is 3. The number of halogens is 3. The lowest BCUT2D eigenvalue weighted by Gasteiger charge is -2.40. The Balaban J connectivity index is 1.48. The molecule has 0 spiro atoms. The monoisotopic (exact) mass is 550 g/mol. The van der Waals surface area contributed by atoms with Crippen molar-refractivity contribution in [1.82, 2.24) is 4.90 Å². The van der Waals surface area contributed by atoms with Crippen LogP contribution in [0.2, 0.25) is 0 Å². The van der Waals surface area contributed by atoms with Crippen LogP contribution < -0.4 is 9.84 Å². The molecule has 4 rings (SSSR count). The Bertz CT molecular complexity index is 1230. The van der Waals surface area contributed by atoms with Gasteiger partial charge >= 0.3 is 6.16 Å². The van der Waals surface area contributed by atoms with Crippen molar-refractivity contribution in [3.8, 4) is 5.75 Å². The molecule has 36 heavy (non-hydrogen) atoms. The van der Waals surface area contributed by atoms with Gasteiger partial charge in [0.2, 0.25) is 3.79 Å². The molecule has 10 heteroatoms. The van der Waals surface area contributed by atoms with E-state index < -0.39 is 28.8 Å². The van der Waals surface area contributed by atoms with Crippen molar-refractivity contribution in [3.63, 3.8) is 0 Å². The number of carboxylic acid groups (broad SMARTS) is 1. The second-order valence-corrected chi connectivity index (χ2v) is 11.0. The van der Waals surface area contributed by atoms with Crippen LogP contribution in [-0.4, -0.2) is 46.7 Å². The van der Waals surface area contributed by atoms with Crippen molar-refractivity contribution in [3.05, 3.63) is 77.9 Å². The summed E-state index contributed by atoms with van der Waals surface area (Å²) in [7, 11) is 0. The molecule has 2 atom stereocenters. The average molecular weight is 552 g/mol. The van der Waals surface area contributed by atoms with Gasteiger partial charge in [-0.15, -0.1) is 0 Å². The largest absolute Gasteiger partial charge is 0.530 e. The Morgan fingerprint density at radius 3 is 2.53 bits per heavy atom. The molecular formula is C26H23Cl3NO6-. The lowest BCUT2D eigenvalue weighted by atomic mass is 9.87. The number of piperidine rings is 1. The van der Waals surface area contributed by atoms with E-state index in [0.717, 1.165) is 21.9 Å². The zero-order chi connectivity index (χ0) is 25.7. The fraction of sp³-hybridized carbons (Fsp3) is 0.308. The number of amides is 1. The molecule has 0 aliphatic carbocycles. The smallest absolute Gasteiger partial charge is 0.513 e. The van der Waals surface area contributed by atoms with Gasteiger partial charge in [0.25, 0.3) is 0 Å². The van der Waals surface area contributed by atoms with Gasteiger partial charge in [0, 0.05) is 19.0 Å². The summed E-state index contributed by atoms with van der Waals surface area (Å²) >= 11 is 16.8. The van der Waals surface area contributed by atoms with Crippen LogP contribution in [0.1, 0.15) is 23.5 Å². The zero-order valence-electron chi connectivity index (χ0n) is 19.1. The molecule has 0 saturated carbocycles. The third-order valence-corrected chi connectivity index (χ3v) is 6.26. The zero-order valence-corrected chi connectivity index (χ0v) is 21.3. The molecule has 1 heterocycles. The van der Waals surface area contributed by atoms with Crippen molar-refractivity contribution in [1.29, 1.82) is 0 Å². The Kier molecular flexibility index (Phi) is 8.46. The molecule has 0 bridgehead atoms. The summed E-state index contributed by atoms with van der Waals surface area (Å²) in [6.07, 6.45) is -2.16. The first-order valence-corrected chi connectivity index (χ1v) is 12.4. The molecule has 7 nitrogen and oxygen atoms in total. The van der Waals surface area contributed by atoms with E-state index in [4.69, 9.17) is 49.0 Å². The number of likely N-dealkylation sites (tertiary alicyclic amines) is 1. The van der Waals surface area contributed by atoms with E-state index in [1.165, 1.54) is 4.90 Å². The minimum Gasteiger partial charge on any atom is -0.530 e. The van der Waals surface area contributed by atoms with Gasteiger partial charge in [-0.3, -0.25) is 0 Å². The highest BCUT2D eigenvalue weighted by Gasteiger charge is 2.32. The molecule has 1 fully saturated rings. The van der Waals surface area contributed by atoms with Gasteiger partial charge in [0.15, 0.2) is 0 Å². The Morgan fingerprint density at radius 2 is 1.78 bits per heavy atom. The first-order chi connectivity index (χ1) is 17.2. The van der Waals surface area contributed by atoms with Crippen LogP contribution in [0.15, 0.2) is 66.7 Å². The predicted octanol–water partition coefficient (Wildman–Crippen LogP) is 5.44. The Hall–Kier alpha value is -2.71. The van der Waals surface area contributed by atoms with Crippen LogP contribution in [0, 0.1) is 0 Å². The van der Waals surface area contributed by atoms with Gasteiger partial charge in [0.05, 0.1) is 12.7 Å². The predicted molar refractivity (Wildman–Crippen MR) is 136 cm³/mol. The lowest BCUT2D eigenvalue weighted by molar-refractivity contribution is -0.268. The van der Waals surface area contributed by atoms with E-state index in [2.05, 4.69) is 6.07 Å². The lowest BCUT2D eigenvalue weighted by Crippen LogP contribution is -2.51. The first-order valence-electron chi connectivity index (χ1n) is 11.2. The molecule has 3 aromatic carbocycles. The molecule has 190 valence electrons. The molecule has 1 aliphatic rings. The summed E-state index contributed by atoms with van der Waals surface area (Å²) < 4.78 is 14.5. The Labute approximate surface area is 223 Å². The maximum atomic E-state index is 12.0. The van der Waals surface area contributed by atoms with Gasteiger partial charge in [-0.2, -0.15) is 0 Å². The van der Waals surface area contributed by atoms with E-state index in [-0.39, 0.29) is 18.2 Å². The van der Waals surface area contributed by atoms with Crippen molar-refractivity contribution in [2.45, 2.75) is 28.8 Å². The van der Waals surface area contributed by atoms with Crippen LogP contribution in [0.3, 0.4) is 0 Å². The number of fused-ring (bicyclic) bond motifs is 1. The van der Waals surface area contributed by atoms with Gasteiger partial charge in [-0.05, 0) is 46.5 Å². The van der Waals surface area contributed by atoms with E-state index in [9.17, 15) is 14.7 Å². The molecular weight excluding hydrogens is 529 g/mol. The molecule has 0 aromatic heterocycles. The topological polar surface area (TPSA) is 88.1 Å². The average Bonchev–Trinajstić information content (AvgIpc) is 2.85. The SMILES string of the molecule is O=C(OCC(Cl)(Cl)Cl)Oc1cccc(C2CCN(C(=O)[O-])CC2OCc2ccc3ccccc3c2)c1. The summed E-state index contributed by atoms with van der Waals surface area (Å²) in [6.45, 7) is 0.325. The van der Waals surface area contributed by atoms with E-state index in [0.29, 0.717) is 19.6 Å². The summed E-state index contributed by atoms with van der Waals surface area (Å²) in [6, 6.07) is 21.0. The molecule has 1 amide bonds. The maximum Gasteiger partial charge on any atom is 0.513 e. The molecule has 0 radical (unpaired) electrons. The maximum absolute atomic E-state index is 12.0. The Morgan fingerprint density at radius 1 is 1.00 bits per heavy atom. The van der Waals surface area contributed by atoms with Crippen LogP contribution in [-0.2, 0) is 16.1 Å². The third kappa shape index (κ3) is 7.17. The van der Waals surface area contributed by atoms with Crippen LogP contribution >= 0.6 is 34.8 Å². The minimum atomic E-state index is -1.75. The third-order valence-electron chi connectivity index (χ3n) is 5.94. The van der Waals surface area contributed by atoms with E-state index >= 15 is 0 Å². The molecule has 3 aromatic rings. The van der Waals surface area contributed by atoms with Crippen LogP contribution in [0.4, 0.5) is 9.59 Å². The van der Waals surface area contributed by atoms with Crippen molar-refractivity contribution in [2.75, 3.05) is 19.7 Å². The fourth-order valence-corrected chi connectivity index (χ4v) is 4.40. The minimum absolute atomic E-state index is 0.137. The number of benzene rings is 3. The number of carbonyl (C=O) groups excluding carboxylic acids is 2. The fourth-order valence-electron chi connectivity index (χ4n) is 4.24. The highest BCUT2D eigenvalue weighted by Crippen LogP contribution is 2.33. The number of carbonyl (C=O) groups is 2. The summed E-state index contributed by atoms with van der Waals surface area (Å²) in [5.74, 6) is 0.110. The van der Waals surface area contributed by atoms with E-state index in [1.54, 1.807) is 18.2 Å². The van der Waals surface area contributed by atoms with E-state index in [1.807, 2.05) is 42.5 Å². The van der Waals surface area contributed by atoms with Gasteiger partial charge in [0.1, 0.15) is 18.4 Å². The number of alkyl halides is 3. The molecule has 2 unspecified atom stereocenters. The summed E-state index contributed by atoms with van der Waals surface area (Å²) in [4.78, 5) is 24.7. The van der Waals surface area contributed by atoms with Crippen molar-refractivity contribution >= 4 is 57.8 Å². The molecule has 1 saturated heterocycles. The molecule has 1 aliphatic heterocycles. The van der Waals surface area contributed by atoms with Crippen LogP contribution in [0.5, 0.6) is 5.75 Å². The normalized spacial score (nSPS) is 18.1. The number of hydrogen-bond donors (Lipinski definition) is 0. The highest BCUT2D eigenvalue weighted by atomic mass is 35.6. The quantitative estimate of drug-likeness (QED) is 0.230. The van der Waals surface area contributed by atoms with Crippen molar-refractivity contribution < 1.29 is 28.9 Å². The number of nitrogens with zero attached hydrogens (tertiary/aromatic N) is 1. The summed E-state index contributed by atoms with van der Waals surface area (Å²) in [5, 5.41) is 13.8. The van der Waals surface area contributed by atoms with Crippen molar-refractivity contribution in [2.24, 2.45) is 0 Å². The second kappa shape index (κ2) is 11.6. The first kappa shape index (κ1) is 26.4. The number of rotatable bonds is 6.